The minimum absolute atomic E-state index is 0.358. The van der Waals surface area contributed by atoms with Gasteiger partial charge >= 0.3 is 0 Å². The number of benzene rings is 2. The van der Waals surface area contributed by atoms with Crippen LogP contribution in [0.1, 0.15) is 43.6 Å². The topological polar surface area (TPSA) is 88.1 Å². The molecule has 2 N–H and O–H groups in total. The van der Waals surface area contributed by atoms with Crippen molar-refractivity contribution in [3.05, 3.63) is 60.4 Å². The SMILES string of the molecule is COc1ccc(OC)c(Sc2nc3c(N)ncnc3n2CC(c2ccccc2)C2CCCCC2)c1. The van der Waals surface area contributed by atoms with Crippen LogP contribution in [0, 0.1) is 5.92 Å². The molecule has 0 bridgehead atoms. The fourth-order valence-electron chi connectivity index (χ4n) is 5.10. The first-order valence-corrected chi connectivity index (χ1v) is 12.9. The molecular weight excluding hydrogens is 458 g/mol. The van der Waals surface area contributed by atoms with Crippen molar-refractivity contribution in [3.8, 4) is 11.5 Å². The summed E-state index contributed by atoms with van der Waals surface area (Å²) in [6, 6.07) is 16.6. The van der Waals surface area contributed by atoms with Crippen LogP contribution in [0.3, 0.4) is 0 Å². The lowest BCUT2D eigenvalue weighted by Gasteiger charge is -2.31. The number of aromatic nitrogens is 4. The maximum atomic E-state index is 6.24. The predicted octanol–water partition coefficient (Wildman–Crippen LogP) is 5.94. The second-order valence-corrected chi connectivity index (χ2v) is 9.98. The summed E-state index contributed by atoms with van der Waals surface area (Å²) in [6.07, 6.45) is 7.92. The summed E-state index contributed by atoms with van der Waals surface area (Å²) in [6.45, 7) is 0.774. The Morgan fingerprint density at radius 3 is 2.57 bits per heavy atom. The number of ether oxygens (including phenoxy) is 2. The number of imidazole rings is 1. The molecule has 2 aromatic heterocycles. The molecule has 1 fully saturated rings. The quantitative estimate of drug-likeness (QED) is 0.328. The van der Waals surface area contributed by atoms with E-state index in [9.17, 15) is 0 Å². The van der Waals surface area contributed by atoms with Crippen molar-refractivity contribution in [2.45, 2.75) is 54.6 Å². The van der Waals surface area contributed by atoms with Crippen LogP contribution in [-0.4, -0.2) is 33.7 Å². The zero-order chi connectivity index (χ0) is 24.2. The third-order valence-electron chi connectivity index (χ3n) is 6.92. The van der Waals surface area contributed by atoms with Crippen LogP contribution in [0.25, 0.3) is 11.2 Å². The van der Waals surface area contributed by atoms with Crippen molar-refractivity contribution in [1.29, 1.82) is 0 Å². The zero-order valence-electron chi connectivity index (χ0n) is 20.2. The maximum absolute atomic E-state index is 6.24. The van der Waals surface area contributed by atoms with E-state index in [1.54, 1.807) is 14.2 Å². The van der Waals surface area contributed by atoms with Crippen molar-refractivity contribution < 1.29 is 9.47 Å². The van der Waals surface area contributed by atoms with Gasteiger partial charge in [-0.05, 0) is 54.3 Å². The van der Waals surface area contributed by atoms with Crippen LogP contribution >= 0.6 is 11.8 Å². The van der Waals surface area contributed by atoms with E-state index < -0.39 is 0 Å². The number of hydrogen-bond donors (Lipinski definition) is 1. The Morgan fingerprint density at radius 2 is 1.83 bits per heavy atom. The van der Waals surface area contributed by atoms with Gasteiger partial charge in [-0.25, -0.2) is 15.0 Å². The van der Waals surface area contributed by atoms with Crippen LogP contribution in [0.15, 0.2) is 64.9 Å². The Bertz CT molecular complexity index is 1290. The highest BCUT2D eigenvalue weighted by Crippen LogP contribution is 2.41. The molecule has 182 valence electrons. The van der Waals surface area contributed by atoms with E-state index >= 15 is 0 Å². The molecule has 0 aliphatic heterocycles. The van der Waals surface area contributed by atoms with Crippen molar-refractivity contribution in [2.24, 2.45) is 5.92 Å². The van der Waals surface area contributed by atoms with Crippen LogP contribution in [0.4, 0.5) is 5.82 Å². The number of nitrogens with two attached hydrogens (primary N) is 1. The summed E-state index contributed by atoms with van der Waals surface area (Å²) in [4.78, 5) is 14.6. The highest BCUT2D eigenvalue weighted by atomic mass is 32.2. The van der Waals surface area contributed by atoms with Gasteiger partial charge in [-0.15, -0.1) is 0 Å². The van der Waals surface area contributed by atoms with E-state index in [1.165, 1.54) is 55.8 Å². The summed E-state index contributed by atoms with van der Waals surface area (Å²) in [5.41, 5.74) is 8.99. The lowest BCUT2D eigenvalue weighted by Crippen LogP contribution is -2.21. The predicted molar refractivity (Wildman–Crippen MR) is 139 cm³/mol. The van der Waals surface area contributed by atoms with Crippen molar-refractivity contribution in [1.82, 2.24) is 19.5 Å². The number of nitrogen functional groups attached to an aromatic ring is 1. The van der Waals surface area contributed by atoms with Crippen LogP contribution in [-0.2, 0) is 6.54 Å². The van der Waals surface area contributed by atoms with Crippen molar-refractivity contribution in [2.75, 3.05) is 20.0 Å². The Kier molecular flexibility index (Phi) is 7.08. The minimum Gasteiger partial charge on any atom is -0.497 e. The fraction of sp³-hybridized carbons (Fsp3) is 0.370. The van der Waals surface area contributed by atoms with Gasteiger partial charge in [-0.1, -0.05) is 49.6 Å². The Labute approximate surface area is 210 Å². The molecule has 0 spiro atoms. The number of rotatable bonds is 8. The highest BCUT2D eigenvalue weighted by Gasteiger charge is 2.28. The molecule has 5 rings (SSSR count). The summed E-state index contributed by atoms with van der Waals surface area (Å²) >= 11 is 1.54. The molecule has 0 saturated heterocycles. The number of hydrogen-bond acceptors (Lipinski definition) is 7. The first-order valence-electron chi connectivity index (χ1n) is 12.1. The number of methoxy groups -OCH3 is 2. The molecule has 1 aliphatic carbocycles. The molecule has 7 nitrogen and oxygen atoms in total. The zero-order valence-corrected chi connectivity index (χ0v) is 21.0. The molecule has 2 heterocycles. The maximum Gasteiger partial charge on any atom is 0.175 e. The summed E-state index contributed by atoms with van der Waals surface area (Å²) < 4.78 is 13.3. The van der Waals surface area contributed by atoms with E-state index in [-0.39, 0.29) is 0 Å². The fourth-order valence-corrected chi connectivity index (χ4v) is 6.13. The van der Waals surface area contributed by atoms with Crippen LogP contribution in [0.2, 0.25) is 0 Å². The number of anilines is 1. The molecule has 1 aliphatic rings. The minimum atomic E-state index is 0.358. The smallest absolute Gasteiger partial charge is 0.175 e. The van der Waals surface area contributed by atoms with Gasteiger partial charge in [0.25, 0.3) is 0 Å². The second-order valence-electron chi connectivity index (χ2n) is 8.97. The van der Waals surface area contributed by atoms with Crippen LogP contribution < -0.4 is 15.2 Å². The van der Waals surface area contributed by atoms with Gasteiger partial charge in [0.1, 0.15) is 17.8 Å². The average Bonchev–Trinajstić information content (AvgIpc) is 3.26. The van der Waals surface area contributed by atoms with Gasteiger partial charge in [0.15, 0.2) is 22.1 Å². The van der Waals surface area contributed by atoms with Crippen LogP contribution in [0.5, 0.6) is 11.5 Å². The Morgan fingerprint density at radius 1 is 1.03 bits per heavy atom. The van der Waals surface area contributed by atoms with Gasteiger partial charge in [-0.3, -0.25) is 0 Å². The van der Waals surface area contributed by atoms with Gasteiger partial charge < -0.3 is 19.8 Å². The lowest BCUT2D eigenvalue weighted by molar-refractivity contribution is 0.281. The first-order chi connectivity index (χ1) is 17.2. The largest absolute Gasteiger partial charge is 0.497 e. The third kappa shape index (κ3) is 4.93. The average molecular weight is 490 g/mol. The number of fused-ring (bicyclic) bond motifs is 1. The first kappa shape index (κ1) is 23.5. The van der Waals surface area contributed by atoms with E-state index in [2.05, 4.69) is 44.9 Å². The highest BCUT2D eigenvalue weighted by molar-refractivity contribution is 7.99. The van der Waals surface area contributed by atoms with E-state index in [0.29, 0.717) is 23.2 Å². The van der Waals surface area contributed by atoms with Crippen molar-refractivity contribution >= 4 is 28.7 Å². The number of nitrogens with zero attached hydrogens (tertiary/aromatic N) is 4. The monoisotopic (exact) mass is 489 g/mol. The van der Waals surface area contributed by atoms with Gasteiger partial charge in [0.05, 0.1) is 19.1 Å². The molecule has 0 amide bonds. The van der Waals surface area contributed by atoms with Crippen molar-refractivity contribution in [3.63, 3.8) is 0 Å². The Balaban J connectivity index is 1.60. The van der Waals surface area contributed by atoms with E-state index in [1.807, 2.05) is 18.2 Å². The molecule has 0 radical (unpaired) electrons. The second kappa shape index (κ2) is 10.6. The molecule has 1 atom stereocenters. The van der Waals surface area contributed by atoms with Gasteiger partial charge in [0, 0.05) is 12.5 Å². The van der Waals surface area contributed by atoms with Gasteiger partial charge in [-0.2, -0.15) is 0 Å². The molecule has 35 heavy (non-hydrogen) atoms. The molecule has 8 heteroatoms. The van der Waals surface area contributed by atoms with Gasteiger partial charge in [0.2, 0.25) is 0 Å². The molecule has 2 aromatic carbocycles. The third-order valence-corrected chi connectivity index (χ3v) is 7.96. The lowest BCUT2D eigenvalue weighted by atomic mass is 9.76. The summed E-state index contributed by atoms with van der Waals surface area (Å²) in [5, 5.41) is 0.815. The molecular formula is C27H31N5O2S. The van der Waals surface area contributed by atoms with E-state index in [0.717, 1.165) is 33.7 Å². The summed E-state index contributed by atoms with van der Waals surface area (Å²) in [5.74, 6) is 2.89. The Hall–Kier alpha value is -3.26. The summed E-state index contributed by atoms with van der Waals surface area (Å²) in [7, 11) is 3.34. The normalized spacial score (nSPS) is 15.3. The van der Waals surface area contributed by atoms with E-state index in [4.69, 9.17) is 20.2 Å². The molecule has 1 unspecified atom stereocenters. The standard InChI is InChI=1S/C27H31N5O2S/c1-33-20-13-14-22(34-2)23(15-20)35-27-31-24-25(28)29-17-30-26(24)32(27)16-21(18-9-5-3-6-10-18)19-11-7-4-8-12-19/h3,5-6,9-10,13-15,17,19,21H,4,7-8,11-12,16H2,1-2H3,(H2,28,29,30). The molecule has 1 saturated carbocycles. The molecule has 4 aromatic rings.